The van der Waals surface area contributed by atoms with Crippen molar-refractivity contribution in [1.82, 2.24) is 24.8 Å². The van der Waals surface area contributed by atoms with Crippen LogP contribution in [0.1, 0.15) is 12.2 Å². The highest BCUT2D eigenvalue weighted by atomic mass is 16.5. The van der Waals surface area contributed by atoms with E-state index in [2.05, 4.69) is 10.3 Å². The van der Waals surface area contributed by atoms with Crippen LogP contribution in [0.5, 0.6) is 0 Å². The number of nitrogens with zero attached hydrogens (tertiary/aromatic N) is 5. The van der Waals surface area contributed by atoms with Crippen LogP contribution < -0.4 is 0 Å². The molecule has 0 spiro atoms. The number of amides is 1. The zero-order valence-electron chi connectivity index (χ0n) is 16.0. The largest absolute Gasteiger partial charge is 0.373 e. The molecule has 1 N–H and O–H groups in total. The first-order chi connectivity index (χ1) is 14.0. The van der Waals surface area contributed by atoms with E-state index in [1.807, 2.05) is 43.4 Å². The van der Waals surface area contributed by atoms with Crippen molar-refractivity contribution in [2.75, 3.05) is 13.6 Å². The van der Waals surface area contributed by atoms with Crippen molar-refractivity contribution < 1.29 is 14.4 Å². The van der Waals surface area contributed by atoms with Gasteiger partial charge in [-0.1, -0.05) is 23.4 Å². The number of hydrogen-bond donors (Lipinski definition) is 1. The van der Waals surface area contributed by atoms with Gasteiger partial charge in [-0.2, -0.15) is 5.10 Å². The van der Waals surface area contributed by atoms with Gasteiger partial charge < -0.3 is 14.5 Å². The van der Waals surface area contributed by atoms with Gasteiger partial charge in [0.05, 0.1) is 11.9 Å². The summed E-state index contributed by atoms with van der Waals surface area (Å²) in [6, 6.07) is 13.3. The molecule has 0 radical (unpaired) electrons. The minimum absolute atomic E-state index is 0.168. The number of likely N-dealkylation sites (N-methyl/N-ethyl adjacent to an activating group) is 1. The van der Waals surface area contributed by atoms with Crippen LogP contribution in [0.15, 0.2) is 53.2 Å². The molecule has 0 bridgehead atoms. The van der Waals surface area contributed by atoms with E-state index in [1.165, 1.54) is 4.90 Å². The minimum Gasteiger partial charge on any atom is -0.373 e. The van der Waals surface area contributed by atoms with Crippen LogP contribution in [-0.4, -0.2) is 49.4 Å². The Bertz CT molecular complexity index is 1240. The van der Waals surface area contributed by atoms with Gasteiger partial charge in [0.25, 0.3) is 5.91 Å². The van der Waals surface area contributed by atoms with Gasteiger partial charge in [-0.25, -0.2) is 4.98 Å². The molecule has 3 aromatic heterocycles. The van der Waals surface area contributed by atoms with Crippen molar-refractivity contribution in [2.45, 2.75) is 12.0 Å². The zero-order chi connectivity index (χ0) is 20.2. The standard InChI is InChI=1S/C21H19N5O3/c1-25-9-8-21(28,20(25)27)18-11-17(24-29-18)14-5-3-4-13(10-14)16-7-6-15-12-22-26(2)19(15)23-16/h3-7,10-12,28H,8-9H2,1-2H3/t21-/m1/s1. The topological polar surface area (TPSA) is 97.3 Å². The number of aromatic nitrogens is 4. The van der Waals surface area contributed by atoms with Gasteiger partial charge in [0, 0.05) is 49.6 Å². The predicted octanol–water partition coefficient (Wildman–Crippen LogP) is 2.34. The van der Waals surface area contributed by atoms with E-state index in [4.69, 9.17) is 9.51 Å². The van der Waals surface area contributed by atoms with E-state index in [0.29, 0.717) is 12.2 Å². The third-order valence-electron chi connectivity index (χ3n) is 5.46. The van der Waals surface area contributed by atoms with Crippen LogP contribution in [-0.2, 0) is 17.4 Å². The Morgan fingerprint density at radius 3 is 2.66 bits per heavy atom. The summed E-state index contributed by atoms with van der Waals surface area (Å²) in [5, 5.41) is 20.1. The van der Waals surface area contributed by atoms with Crippen LogP contribution >= 0.6 is 0 Å². The second kappa shape index (κ2) is 6.25. The number of pyridine rings is 1. The molecule has 1 aliphatic heterocycles. The normalized spacial score (nSPS) is 19.4. The van der Waals surface area contributed by atoms with E-state index in [1.54, 1.807) is 24.0 Å². The number of hydrogen-bond acceptors (Lipinski definition) is 6. The van der Waals surface area contributed by atoms with E-state index < -0.39 is 5.60 Å². The summed E-state index contributed by atoms with van der Waals surface area (Å²) in [5.41, 5.74) is 2.26. The van der Waals surface area contributed by atoms with E-state index in [-0.39, 0.29) is 18.1 Å². The lowest BCUT2D eigenvalue weighted by atomic mass is 9.97. The van der Waals surface area contributed by atoms with E-state index in [0.717, 1.165) is 27.9 Å². The molecular formula is C21H19N5O3. The SMILES string of the molecule is CN1CC[C@@](O)(c2cc(-c3cccc(-c4ccc5cnn(C)c5n4)c3)no2)C1=O. The number of carbonyl (C=O) groups excluding carboxylic acids is 1. The summed E-state index contributed by atoms with van der Waals surface area (Å²) in [6.45, 7) is 0.475. The fourth-order valence-corrected chi connectivity index (χ4v) is 3.71. The van der Waals surface area contributed by atoms with Gasteiger partial charge in [0.15, 0.2) is 11.4 Å². The molecule has 1 aliphatic rings. The first-order valence-electron chi connectivity index (χ1n) is 9.30. The highest BCUT2D eigenvalue weighted by Crippen LogP contribution is 2.35. The maximum atomic E-state index is 12.3. The van der Waals surface area contributed by atoms with Gasteiger partial charge in [0.1, 0.15) is 5.69 Å². The van der Waals surface area contributed by atoms with Crippen molar-refractivity contribution >= 4 is 16.9 Å². The lowest BCUT2D eigenvalue weighted by molar-refractivity contribution is -0.144. The number of benzene rings is 1. The van der Waals surface area contributed by atoms with Crippen molar-refractivity contribution in [3.05, 3.63) is 54.4 Å². The van der Waals surface area contributed by atoms with Crippen LogP contribution in [0.4, 0.5) is 0 Å². The van der Waals surface area contributed by atoms with Gasteiger partial charge in [-0.05, 0) is 18.2 Å². The third kappa shape index (κ3) is 2.72. The lowest BCUT2D eigenvalue weighted by Crippen LogP contribution is -2.35. The van der Waals surface area contributed by atoms with Crippen molar-refractivity contribution in [2.24, 2.45) is 7.05 Å². The maximum Gasteiger partial charge on any atom is 0.262 e. The Labute approximate surface area is 166 Å². The number of carbonyl (C=O) groups is 1. The summed E-state index contributed by atoms with van der Waals surface area (Å²) in [6.07, 6.45) is 2.07. The minimum atomic E-state index is -1.65. The van der Waals surface area contributed by atoms with Crippen LogP contribution in [0.3, 0.4) is 0 Å². The van der Waals surface area contributed by atoms with Crippen molar-refractivity contribution in [3.63, 3.8) is 0 Å². The average molecular weight is 389 g/mol. The Hall–Kier alpha value is -3.52. The van der Waals surface area contributed by atoms with Crippen LogP contribution in [0.2, 0.25) is 0 Å². The molecule has 8 heteroatoms. The summed E-state index contributed by atoms with van der Waals surface area (Å²) in [5.74, 6) is -0.204. The Kier molecular flexibility index (Phi) is 3.78. The fourth-order valence-electron chi connectivity index (χ4n) is 3.71. The van der Waals surface area contributed by atoms with Crippen LogP contribution in [0.25, 0.3) is 33.5 Å². The highest BCUT2D eigenvalue weighted by Gasteiger charge is 2.48. The molecule has 0 aliphatic carbocycles. The molecule has 8 nitrogen and oxygen atoms in total. The molecule has 146 valence electrons. The average Bonchev–Trinajstić information content (AvgIpc) is 3.44. The number of fused-ring (bicyclic) bond motifs is 1. The van der Waals surface area contributed by atoms with Gasteiger partial charge >= 0.3 is 0 Å². The number of aryl methyl sites for hydroxylation is 1. The first-order valence-corrected chi connectivity index (χ1v) is 9.30. The maximum absolute atomic E-state index is 12.3. The smallest absolute Gasteiger partial charge is 0.262 e. The summed E-state index contributed by atoms with van der Waals surface area (Å²) >= 11 is 0. The number of aliphatic hydroxyl groups is 1. The first kappa shape index (κ1) is 17.6. The Morgan fingerprint density at radius 2 is 1.90 bits per heavy atom. The van der Waals surface area contributed by atoms with E-state index in [9.17, 15) is 9.90 Å². The molecule has 1 atom stereocenters. The predicted molar refractivity (Wildman–Crippen MR) is 106 cm³/mol. The molecule has 1 fully saturated rings. The Balaban J connectivity index is 1.51. The molecule has 0 unspecified atom stereocenters. The molecule has 1 aromatic carbocycles. The molecule has 29 heavy (non-hydrogen) atoms. The second-order valence-corrected chi connectivity index (χ2v) is 7.37. The second-order valence-electron chi connectivity index (χ2n) is 7.37. The third-order valence-corrected chi connectivity index (χ3v) is 5.46. The number of rotatable bonds is 3. The van der Waals surface area contributed by atoms with Gasteiger partial charge in [0.2, 0.25) is 5.60 Å². The van der Waals surface area contributed by atoms with Crippen molar-refractivity contribution in [1.29, 1.82) is 0 Å². The van der Waals surface area contributed by atoms with Gasteiger partial charge in [-0.3, -0.25) is 9.48 Å². The molecule has 4 heterocycles. The van der Waals surface area contributed by atoms with E-state index >= 15 is 0 Å². The summed E-state index contributed by atoms with van der Waals surface area (Å²) in [4.78, 5) is 18.5. The van der Waals surface area contributed by atoms with Crippen LogP contribution in [0, 0.1) is 0 Å². The Morgan fingerprint density at radius 1 is 1.10 bits per heavy atom. The van der Waals surface area contributed by atoms with Crippen molar-refractivity contribution in [3.8, 4) is 22.5 Å². The quantitative estimate of drug-likeness (QED) is 0.578. The molecular weight excluding hydrogens is 370 g/mol. The highest BCUT2D eigenvalue weighted by molar-refractivity contribution is 5.88. The molecule has 1 saturated heterocycles. The zero-order valence-corrected chi connectivity index (χ0v) is 16.0. The lowest BCUT2D eigenvalue weighted by Gasteiger charge is -2.16. The molecule has 1 amide bonds. The monoisotopic (exact) mass is 389 g/mol. The number of likely N-dealkylation sites (tertiary alicyclic amines) is 1. The molecule has 0 saturated carbocycles. The summed E-state index contributed by atoms with van der Waals surface area (Å²) < 4.78 is 7.10. The summed E-state index contributed by atoms with van der Waals surface area (Å²) in [7, 11) is 3.52. The fraction of sp³-hybridized carbons (Fsp3) is 0.238. The molecule has 4 aromatic rings. The molecule has 5 rings (SSSR count). The van der Waals surface area contributed by atoms with Gasteiger partial charge in [-0.15, -0.1) is 0 Å².